The second-order valence-corrected chi connectivity index (χ2v) is 8.07. The Hall–Kier alpha value is -3.79. The zero-order valence-electron chi connectivity index (χ0n) is 18.0. The summed E-state index contributed by atoms with van der Waals surface area (Å²) in [6, 6.07) is 12.7. The van der Waals surface area contributed by atoms with Gasteiger partial charge in [-0.05, 0) is 42.3 Å². The molecule has 0 fully saturated rings. The molecule has 0 aliphatic heterocycles. The summed E-state index contributed by atoms with van der Waals surface area (Å²) in [5.74, 6) is -0.787. The molecule has 0 aliphatic rings. The van der Waals surface area contributed by atoms with Crippen molar-refractivity contribution in [3.05, 3.63) is 97.5 Å². The van der Waals surface area contributed by atoms with Gasteiger partial charge in [0, 0.05) is 18.3 Å². The number of benzene rings is 2. The Labute approximate surface area is 196 Å². The van der Waals surface area contributed by atoms with E-state index in [1.54, 1.807) is 6.07 Å². The molecular formula is C23H18ClF3N4O3. The summed E-state index contributed by atoms with van der Waals surface area (Å²) in [6.07, 6.45) is -3.86. The van der Waals surface area contributed by atoms with E-state index in [-0.39, 0.29) is 23.1 Å². The molecule has 4 rings (SSSR count). The fraction of sp³-hybridized carbons (Fsp3) is 0.174. The van der Waals surface area contributed by atoms with E-state index in [0.29, 0.717) is 5.56 Å². The van der Waals surface area contributed by atoms with Crippen LogP contribution in [0.3, 0.4) is 0 Å². The Morgan fingerprint density at radius 3 is 2.38 bits per heavy atom. The van der Waals surface area contributed by atoms with Gasteiger partial charge in [-0.1, -0.05) is 41.4 Å². The topological polar surface area (TPSA) is 81.9 Å². The third-order valence-corrected chi connectivity index (χ3v) is 5.40. The van der Waals surface area contributed by atoms with Crippen LogP contribution < -0.4 is 16.0 Å². The van der Waals surface area contributed by atoms with E-state index in [2.05, 4.69) is 10.2 Å². The maximum absolute atomic E-state index is 13.7. The van der Waals surface area contributed by atoms with E-state index >= 15 is 0 Å². The highest BCUT2D eigenvalue weighted by Gasteiger charge is 2.36. The van der Waals surface area contributed by atoms with Gasteiger partial charge in [-0.15, -0.1) is 0 Å². The van der Waals surface area contributed by atoms with Gasteiger partial charge in [0.05, 0.1) is 6.54 Å². The van der Waals surface area contributed by atoms with Gasteiger partial charge in [0.15, 0.2) is 5.82 Å². The van der Waals surface area contributed by atoms with Gasteiger partial charge in [0.1, 0.15) is 11.3 Å². The highest BCUT2D eigenvalue weighted by atomic mass is 35.5. The first-order chi connectivity index (χ1) is 16.0. The lowest BCUT2D eigenvalue weighted by Gasteiger charge is -2.16. The van der Waals surface area contributed by atoms with E-state index < -0.39 is 28.7 Å². The molecule has 0 aliphatic carbocycles. The average molecular weight is 491 g/mol. The molecule has 0 bridgehead atoms. The van der Waals surface area contributed by atoms with Crippen molar-refractivity contribution in [2.24, 2.45) is 7.05 Å². The van der Waals surface area contributed by atoms with Gasteiger partial charge in [0.2, 0.25) is 5.75 Å². The van der Waals surface area contributed by atoms with Crippen molar-refractivity contribution in [1.29, 1.82) is 0 Å². The van der Waals surface area contributed by atoms with Gasteiger partial charge in [-0.3, -0.25) is 9.36 Å². The molecule has 0 saturated heterocycles. The van der Waals surface area contributed by atoms with E-state index in [4.69, 9.17) is 16.3 Å². The van der Waals surface area contributed by atoms with Crippen LogP contribution >= 0.6 is 11.6 Å². The number of aryl methyl sites for hydroxylation is 1. The zero-order valence-corrected chi connectivity index (χ0v) is 18.7. The molecule has 2 aromatic carbocycles. The molecule has 0 radical (unpaired) electrons. The molecule has 4 aromatic rings. The number of rotatable bonds is 5. The third kappa shape index (κ3) is 4.76. The quantitative estimate of drug-likeness (QED) is 0.437. The normalized spacial score (nSPS) is 11.6. The van der Waals surface area contributed by atoms with Crippen molar-refractivity contribution >= 4 is 11.6 Å². The van der Waals surface area contributed by atoms with Crippen molar-refractivity contribution in [2.75, 3.05) is 0 Å². The molecule has 0 spiro atoms. The number of ether oxygens (including phenoxy) is 1. The number of halogens is 4. The highest BCUT2D eigenvalue weighted by Crippen LogP contribution is 2.37. The van der Waals surface area contributed by atoms with E-state index in [1.165, 1.54) is 19.2 Å². The van der Waals surface area contributed by atoms with Crippen LogP contribution in [-0.2, 0) is 19.8 Å². The Bertz CT molecular complexity index is 1470. The fourth-order valence-electron chi connectivity index (χ4n) is 3.33. The predicted octanol–water partition coefficient (Wildman–Crippen LogP) is 4.76. The van der Waals surface area contributed by atoms with Crippen LogP contribution in [0.25, 0.3) is 11.1 Å². The maximum atomic E-state index is 13.7. The first-order valence-corrected chi connectivity index (χ1v) is 10.4. The number of hydrogen-bond donors (Lipinski definition) is 1. The Kier molecular flexibility index (Phi) is 6.09. The van der Waals surface area contributed by atoms with E-state index in [9.17, 15) is 22.8 Å². The average Bonchev–Trinajstić information content (AvgIpc) is 3.08. The molecule has 176 valence electrons. The molecule has 0 unspecified atom stereocenters. The first-order valence-electron chi connectivity index (χ1n) is 9.99. The minimum atomic E-state index is -4.84. The number of nitrogens with zero attached hydrogens (tertiary/aromatic N) is 3. The number of alkyl halides is 3. The number of aromatic nitrogens is 4. The van der Waals surface area contributed by atoms with Crippen molar-refractivity contribution in [3.8, 4) is 22.6 Å². The molecule has 2 aromatic heterocycles. The lowest BCUT2D eigenvalue weighted by Crippen LogP contribution is -2.26. The summed E-state index contributed by atoms with van der Waals surface area (Å²) in [5.41, 5.74) is -0.369. The van der Waals surface area contributed by atoms with E-state index in [1.807, 2.05) is 31.2 Å². The molecule has 0 saturated carbocycles. The predicted molar refractivity (Wildman–Crippen MR) is 120 cm³/mol. The van der Waals surface area contributed by atoms with Crippen LogP contribution in [-0.4, -0.2) is 19.3 Å². The second-order valence-electron chi connectivity index (χ2n) is 7.64. The Morgan fingerprint density at radius 2 is 1.76 bits per heavy atom. The lowest BCUT2D eigenvalue weighted by molar-refractivity contribution is -0.138. The van der Waals surface area contributed by atoms with Crippen molar-refractivity contribution in [1.82, 2.24) is 19.3 Å². The molecular weight excluding hydrogens is 473 g/mol. The number of H-pyrrole nitrogens is 1. The molecule has 11 heteroatoms. The van der Waals surface area contributed by atoms with Crippen molar-refractivity contribution in [3.63, 3.8) is 0 Å². The van der Waals surface area contributed by atoms with Gasteiger partial charge < -0.3 is 9.30 Å². The summed E-state index contributed by atoms with van der Waals surface area (Å²) in [6.45, 7) is 1.68. The SMILES string of the molecule is Cc1ccc(-c2cc(Cl)cc(Oc3c(C(F)(F)F)ccn(Cc4n[nH]c(=O)n4C)c3=O)c2)cc1. The van der Waals surface area contributed by atoms with Gasteiger partial charge in [0.25, 0.3) is 5.56 Å². The first kappa shape index (κ1) is 23.4. The van der Waals surface area contributed by atoms with Crippen LogP contribution in [0.15, 0.2) is 64.3 Å². The van der Waals surface area contributed by atoms with Crippen LogP contribution in [0.2, 0.25) is 5.02 Å². The number of hydrogen-bond acceptors (Lipinski definition) is 4. The summed E-state index contributed by atoms with van der Waals surface area (Å²) < 4.78 is 48.7. The van der Waals surface area contributed by atoms with Gasteiger partial charge in [-0.25, -0.2) is 9.89 Å². The Balaban J connectivity index is 1.78. The number of pyridine rings is 1. The smallest absolute Gasteiger partial charge is 0.420 e. The molecule has 2 heterocycles. The highest BCUT2D eigenvalue weighted by molar-refractivity contribution is 6.31. The molecule has 0 atom stereocenters. The summed E-state index contributed by atoms with van der Waals surface area (Å²) in [7, 11) is 1.42. The maximum Gasteiger partial charge on any atom is 0.420 e. The molecule has 34 heavy (non-hydrogen) atoms. The summed E-state index contributed by atoms with van der Waals surface area (Å²) in [4.78, 5) is 24.6. The molecule has 7 nitrogen and oxygen atoms in total. The van der Waals surface area contributed by atoms with Gasteiger partial charge in [-0.2, -0.15) is 18.3 Å². The minimum Gasteiger partial charge on any atom is -0.451 e. The molecule has 0 amide bonds. The van der Waals surface area contributed by atoms with Crippen LogP contribution in [0, 0.1) is 6.92 Å². The fourth-order valence-corrected chi connectivity index (χ4v) is 3.55. The van der Waals surface area contributed by atoms with Gasteiger partial charge >= 0.3 is 11.9 Å². The summed E-state index contributed by atoms with van der Waals surface area (Å²) in [5, 5.41) is 6.23. The number of aromatic amines is 1. The monoisotopic (exact) mass is 490 g/mol. The van der Waals surface area contributed by atoms with Crippen molar-refractivity contribution in [2.45, 2.75) is 19.6 Å². The van der Waals surface area contributed by atoms with Crippen molar-refractivity contribution < 1.29 is 17.9 Å². The lowest BCUT2D eigenvalue weighted by atomic mass is 10.0. The zero-order chi connectivity index (χ0) is 24.6. The van der Waals surface area contributed by atoms with E-state index in [0.717, 1.165) is 32.5 Å². The Morgan fingerprint density at radius 1 is 1.06 bits per heavy atom. The van der Waals surface area contributed by atoms with Crippen LogP contribution in [0.5, 0.6) is 11.5 Å². The standard InChI is InChI=1S/C23H18ClF3N4O3/c1-13-3-5-14(6-4-13)15-9-16(24)11-17(10-15)34-20-18(23(25,26)27)7-8-31(21(20)32)12-19-28-29-22(33)30(19)2/h3-11H,12H2,1-2H3,(H,29,33). The van der Waals surface area contributed by atoms with Crippen LogP contribution in [0.4, 0.5) is 13.2 Å². The minimum absolute atomic E-state index is 0.0319. The molecule has 1 N–H and O–H groups in total. The summed E-state index contributed by atoms with van der Waals surface area (Å²) >= 11 is 6.20. The second kappa shape index (κ2) is 8.86. The number of nitrogens with one attached hydrogen (secondary N) is 1. The van der Waals surface area contributed by atoms with Crippen LogP contribution in [0.1, 0.15) is 17.0 Å². The largest absolute Gasteiger partial charge is 0.451 e. The third-order valence-electron chi connectivity index (χ3n) is 5.19.